The van der Waals surface area contributed by atoms with Crippen molar-refractivity contribution >= 4 is 28.5 Å². The van der Waals surface area contributed by atoms with Crippen LogP contribution in [0.3, 0.4) is 0 Å². The highest BCUT2D eigenvalue weighted by Crippen LogP contribution is 2.28. The largest absolute Gasteiger partial charge is 0.339 e. The number of piperazine rings is 1. The Balaban J connectivity index is 1.74. The lowest BCUT2D eigenvalue weighted by molar-refractivity contribution is -0.127. The van der Waals surface area contributed by atoms with Gasteiger partial charge in [-0.2, -0.15) is 0 Å². The lowest BCUT2D eigenvalue weighted by atomic mass is 9.97. The van der Waals surface area contributed by atoms with Gasteiger partial charge in [-0.3, -0.25) is 19.1 Å². The molecule has 2 aliphatic heterocycles. The number of fused-ring (bicyclic) bond motifs is 1. The van der Waals surface area contributed by atoms with Gasteiger partial charge in [-0.1, -0.05) is 6.92 Å². The van der Waals surface area contributed by atoms with Crippen LogP contribution in [0, 0.1) is 0 Å². The van der Waals surface area contributed by atoms with Crippen molar-refractivity contribution in [3.8, 4) is 0 Å². The van der Waals surface area contributed by atoms with Crippen molar-refractivity contribution in [1.29, 1.82) is 0 Å². The fourth-order valence-electron chi connectivity index (χ4n) is 4.83. The average molecular weight is 440 g/mol. The molecule has 2 saturated heterocycles. The minimum absolute atomic E-state index is 0.0462. The van der Waals surface area contributed by atoms with Gasteiger partial charge in [-0.15, -0.1) is 0 Å². The average Bonchev–Trinajstić information content (AvgIpc) is 3.14. The molecule has 8 nitrogen and oxygen atoms in total. The van der Waals surface area contributed by atoms with Crippen molar-refractivity contribution in [1.82, 2.24) is 19.8 Å². The Hall–Kier alpha value is -2.87. The summed E-state index contributed by atoms with van der Waals surface area (Å²) in [6.45, 7) is 8.67. The van der Waals surface area contributed by atoms with E-state index in [1.165, 1.54) is 10.9 Å². The Bertz CT molecular complexity index is 1050. The van der Waals surface area contributed by atoms with Crippen LogP contribution in [0.25, 0.3) is 10.9 Å². The number of ketones is 1. The molecule has 2 atom stereocenters. The maximum atomic E-state index is 13.5. The maximum Gasteiger partial charge on any atom is 0.295 e. The quantitative estimate of drug-likeness (QED) is 0.431. The summed E-state index contributed by atoms with van der Waals surface area (Å²) in [5.74, 6) is 5.06. The topological polar surface area (TPSA) is 101 Å². The van der Waals surface area contributed by atoms with E-state index in [1.54, 1.807) is 11.0 Å². The van der Waals surface area contributed by atoms with Crippen LogP contribution < -0.4 is 11.2 Å². The van der Waals surface area contributed by atoms with Gasteiger partial charge in [0.05, 0.1) is 11.1 Å². The van der Waals surface area contributed by atoms with E-state index in [0.717, 1.165) is 31.4 Å². The van der Waals surface area contributed by atoms with Gasteiger partial charge >= 0.3 is 0 Å². The van der Waals surface area contributed by atoms with E-state index in [0.29, 0.717) is 42.5 Å². The first-order valence-electron chi connectivity index (χ1n) is 11.6. The Labute approximate surface area is 188 Å². The number of rotatable bonds is 4. The zero-order chi connectivity index (χ0) is 23.0. The number of nitrogens with zero attached hydrogens (tertiary/aromatic N) is 3. The second kappa shape index (κ2) is 8.94. The Kier molecular flexibility index (Phi) is 6.24. The van der Waals surface area contributed by atoms with E-state index < -0.39 is 11.7 Å². The van der Waals surface area contributed by atoms with E-state index >= 15 is 0 Å². The molecule has 0 radical (unpaired) electrons. The minimum atomic E-state index is -0.562. The van der Waals surface area contributed by atoms with Crippen molar-refractivity contribution in [3.63, 3.8) is 0 Å². The molecule has 2 aromatic rings. The number of aryl methyl sites for hydroxylation is 1. The second-order valence-corrected chi connectivity index (χ2v) is 9.13. The third-order valence-corrected chi connectivity index (χ3v) is 6.78. The second-order valence-electron chi connectivity index (χ2n) is 9.13. The van der Waals surface area contributed by atoms with Crippen LogP contribution in [-0.4, -0.2) is 70.3 Å². The number of aromatic nitrogens is 1. The monoisotopic (exact) mass is 439 g/mol. The van der Waals surface area contributed by atoms with Crippen LogP contribution in [0.4, 0.5) is 0 Å². The van der Waals surface area contributed by atoms with E-state index in [-0.39, 0.29) is 23.6 Å². The van der Waals surface area contributed by atoms with E-state index in [1.807, 2.05) is 24.8 Å². The first-order valence-corrected chi connectivity index (χ1v) is 11.6. The highest BCUT2D eigenvalue weighted by atomic mass is 16.2. The number of carbonyl (C=O) groups is 3. The predicted molar refractivity (Wildman–Crippen MR) is 124 cm³/mol. The molecule has 2 amide bonds. The highest BCUT2D eigenvalue weighted by Gasteiger charge is 2.31. The molecule has 1 aromatic carbocycles. The molecular formula is C24H33N5O3. The number of hydrogen-bond donors (Lipinski definition) is 2. The number of nitrogens with two attached hydrogens (primary N) is 1. The SMILES string of the molecule is CCc1cc2c(cc1C(=O)N1C[C@H](C)NCC1C)c(C(=O)C(=O)N1CCCCC1)cn2N. The molecule has 172 valence electrons. The first-order chi connectivity index (χ1) is 15.3. The Morgan fingerprint density at radius 2 is 1.81 bits per heavy atom. The fraction of sp³-hybridized carbons (Fsp3) is 0.542. The van der Waals surface area contributed by atoms with Crippen molar-refractivity contribution in [2.24, 2.45) is 0 Å². The number of nitrogen functional groups attached to an aromatic ring is 1. The van der Waals surface area contributed by atoms with Crippen LogP contribution in [-0.2, 0) is 11.2 Å². The molecule has 1 aromatic heterocycles. The van der Waals surface area contributed by atoms with Gasteiger partial charge in [-0.05, 0) is 57.2 Å². The first kappa shape index (κ1) is 22.3. The molecule has 0 saturated carbocycles. The summed E-state index contributed by atoms with van der Waals surface area (Å²) in [7, 11) is 0. The third-order valence-electron chi connectivity index (χ3n) is 6.78. The normalized spacial score (nSPS) is 21.7. The maximum absolute atomic E-state index is 13.5. The van der Waals surface area contributed by atoms with Gasteiger partial charge in [0.2, 0.25) is 0 Å². The summed E-state index contributed by atoms with van der Waals surface area (Å²) in [5.41, 5.74) is 2.37. The number of nitrogens with one attached hydrogen (secondary N) is 1. The number of Topliss-reactive ketones (excluding diaryl/α,β-unsaturated/α-hetero) is 1. The number of carbonyl (C=O) groups excluding carboxylic acids is 3. The summed E-state index contributed by atoms with van der Waals surface area (Å²) in [5, 5.41) is 3.95. The minimum Gasteiger partial charge on any atom is -0.339 e. The number of likely N-dealkylation sites (tertiary alicyclic amines) is 1. The summed E-state index contributed by atoms with van der Waals surface area (Å²) in [6.07, 6.45) is 5.08. The number of hydrogen-bond acceptors (Lipinski definition) is 5. The molecule has 3 N–H and O–H groups in total. The van der Waals surface area contributed by atoms with Gasteiger partial charge in [0.25, 0.3) is 17.6 Å². The lowest BCUT2D eigenvalue weighted by Gasteiger charge is -2.38. The molecular weight excluding hydrogens is 406 g/mol. The third kappa shape index (κ3) is 3.99. The zero-order valence-electron chi connectivity index (χ0n) is 19.2. The van der Waals surface area contributed by atoms with Crippen LogP contribution in [0.15, 0.2) is 18.3 Å². The highest BCUT2D eigenvalue weighted by molar-refractivity contribution is 6.45. The fourth-order valence-corrected chi connectivity index (χ4v) is 4.83. The Morgan fingerprint density at radius 1 is 1.09 bits per heavy atom. The summed E-state index contributed by atoms with van der Waals surface area (Å²) in [6, 6.07) is 3.92. The van der Waals surface area contributed by atoms with Crippen molar-refractivity contribution in [2.45, 2.75) is 58.5 Å². The molecule has 32 heavy (non-hydrogen) atoms. The summed E-state index contributed by atoms with van der Waals surface area (Å²) in [4.78, 5) is 43.1. The van der Waals surface area contributed by atoms with Gasteiger partial charge < -0.3 is 21.0 Å². The van der Waals surface area contributed by atoms with E-state index in [4.69, 9.17) is 5.84 Å². The zero-order valence-corrected chi connectivity index (χ0v) is 19.2. The van der Waals surface area contributed by atoms with Crippen LogP contribution >= 0.6 is 0 Å². The van der Waals surface area contributed by atoms with E-state index in [2.05, 4.69) is 12.2 Å². The molecule has 0 bridgehead atoms. The Morgan fingerprint density at radius 3 is 2.50 bits per heavy atom. The molecule has 2 fully saturated rings. The van der Waals surface area contributed by atoms with E-state index in [9.17, 15) is 14.4 Å². The molecule has 2 aliphatic rings. The smallest absolute Gasteiger partial charge is 0.295 e. The van der Waals surface area contributed by atoms with Crippen LogP contribution in [0.1, 0.15) is 66.3 Å². The summed E-state index contributed by atoms with van der Waals surface area (Å²) < 4.78 is 1.38. The van der Waals surface area contributed by atoms with Gasteiger partial charge in [0, 0.05) is 55.4 Å². The van der Waals surface area contributed by atoms with Gasteiger partial charge in [0.1, 0.15) is 0 Å². The predicted octanol–water partition coefficient (Wildman–Crippen LogP) is 1.94. The molecule has 3 heterocycles. The van der Waals surface area contributed by atoms with Crippen molar-refractivity contribution in [3.05, 3.63) is 35.0 Å². The summed E-state index contributed by atoms with van der Waals surface area (Å²) >= 11 is 0. The standard InChI is InChI=1S/C24H33N5O3/c1-4-17-10-21-19(11-18(17)23(31)28-13-15(2)26-12-16(28)3)20(14-29(21)25)22(30)24(32)27-8-6-5-7-9-27/h10-11,14-16,26H,4-9,12-13,25H2,1-3H3/t15-,16?/m0/s1. The number of benzene rings is 1. The van der Waals surface area contributed by atoms with Crippen molar-refractivity contribution in [2.75, 3.05) is 32.0 Å². The molecule has 1 unspecified atom stereocenters. The molecule has 8 heteroatoms. The van der Waals surface area contributed by atoms with Crippen LogP contribution in [0.5, 0.6) is 0 Å². The van der Waals surface area contributed by atoms with Gasteiger partial charge in [-0.25, -0.2) is 0 Å². The van der Waals surface area contributed by atoms with Crippen molar-refractivity contribution < 1.29 is 14.4 Å². The van der Waals surface area contributed by atoms with Gasteiger partial charge in [0.15, 0.2) is 0 Å². The molecule has 4 rings (SSSR count). The number of amides is 2. The number of piperidine rings is 1. The lowest BCUT2D eigenvalue weighted by Crippen LogP contribution is -2.56. The molecule has 0 spiro atoms. The molecule has 0 aliphatic carbocycles. The van der Waals surface area contributed by atoms with Crippen LogP contribution in [0.2, 0.25) is 0 Å².